The first-order chi connectivity index (χ1) is 23.2. The van der Waals surface area contributed by atoms with Crippen LogP contribution in [0.1, 0.15) is 97.4 Å². The molecule has 1 saturated carbocycles. The number of hydrogen-bond acceptors (Lipinski definition) is 10. The van der Waals surface area contributed by atoms with Gasteiger partial charge in [-0.1, -0.05) is 23.7 Å². The van der Waals surface area contributed by atoms with E-state index >= 15 is 0 Å². The second-order valence-electron chi connectivity index (χ2n) is 14.7. The average molecular weight is 691 g/mol. The number of esters is 1. The summed E-state index contributed by atoms with van der Waals surface area (Å²) in [6.45, 7) is 11.6. The van der Waals surface area contributed by atoms with Crippen LogP contribution in [0.25, 0.3) is 22.4 Å². The maximum atomic E-state index is 12.3. The van der Waals surface area contributed by atoms with Crippen LogP contribution in [-0.2, 0) is 20.7 Å². The SMILES string of the molecule is CC(C)(C)OC(=O)CC1CCC(Nc2ncc3c(-c4ccnc(CC(CCNC(=O)OC(C)(C)C)c5cccc(Cl)c5)n4)[nH]nc3n2)CC1. The predicted molar refractivity (Wildman–Crippen MR) is 189 cm³/mol. The first kappa shape index (κ1) is 36.0. The van der Waals surface area contributed by atoms with Crippen molar-refractivity contribution < 1.29 is 19.1 Å². The summed E-state index contributed by atoms with van der Waals surface area (Å²) in [5.41, 5.74) is 1.92. The molecule has 1 aromatic carbocycles. The second-order valence-corrected chi connectivity index (χ2v) is 15.1. The van der Waals surface area contributed by atoms with E-state index in [0.717, 1.165) is 36.6 Å². The fraction of sp³-hybridized carbons (Fsp3) is 0.528. The highest BCUT2D eigenvalue weighted by Crippen LogP contribution is 2.31. The molecule has 0 aliphatic heterocycles. The van der Waals surface area contributed by atoms with Crippen LogP contribution in [0.15, 0.2) is 42.7 Å². The van der Waals surface area contributed by atoms with Crippen LogP contribution in [0.5, 0.6) is 0 Å². The number of aromatic nitrogens is 6. The maximum Gasteiger partial charge on any atom is 0.407 e. The highest BCUT2D eigenvalue weighted by Gasteiger charge is 2.26. The molecule has 0 bridgehead atoms. The van der Waals surface area contributed by atoms with Gasteiger partial charge in [-0.15, -0.1) is 0 Å². The van der Waals surface area contributed by atoms with Gasteiger partial charge in [-0.3, -0.25) is 9.89 Å². The van der Waals surface area contributed by atoms with Gasteiger partial charge in [0.25, 0.3) is 0 Å². The van der Waals surface area contributed by atoms with Crippen molar-refractivity contribution in [1.82, 2.24) is 35.5 Å². The number of aromatic amines is 1. The smallest absolute Gasteiger partial charge is 0.407 e. The molecule has 0 spiro atoms. The molecule has 1 amide bonds. The lowest BCUT2D eigenvalue weighted by atomic mass is 9.84. The van der Waals surface area contributed by atoms with Gasteiger partial charge in [0.15, 0.2) is 5.65 Å². The minimum absolute atomic E-state index is 0.00765. The summed E-state index contributed by atoms with van der Waals surface area (Å²) in [4.78, 5) is 43.2. The van der Waals surface area contributed by atoms with Crippen molar-refractivity contribution in [1.29, 1.82) is 0 Å². The summed E-state index contributed by atoms with van der Waals surface area (Å²) in [7, 11) is 0. The molecule has 1 unspecified atom stereocenters. The molecular formula is C36H47ClN8O4. The summed E-state index contributed by atoms with van der Waals surface area (Å²) >= 11 is 6.34. The van der Waals surface area contributed by atoms with Gasteiger partial charge < -0.3 is 20.1 Å². The zero-order valence-corrected chi connectivity index (χ0v) is 29.9. The third-order valence-corrected chi connectivity index (χ3v) is 8.47. The monoisotopic (exact) mass is 690 g/mol. The van der Waals surface area contributed by atoms with Gasteiger partial charge in [0.1, 0.15) is 17.0 Å². The third kappa shape index (κ3) is 10.8. The zero-order valence-electron chi connectivity index (χ0n) is 29.2. The van der Waals surface area contributed by atoms with Crippen molar-refractivity contribution in [2.75, 3.05) is 11.9 Å². The Bertz CT molecular complexity index is 1740. The maximum absolute atomic E-state index is 12.3. The first-order valence-corrected chi connectivity index (χ1v) is 17.3. The van der Waals surface area contributed by atoms with Gasteiger partial charge in [-0.05, 0) is 109 Å². The highest BCUT2D eigenvalue weighted by molar-refractivity contribution is 6.30. The number of nitrogens with zero attached hydrogens (tertiary/aromatic N) is 5. The van der Waals surface area contributed by atoms with Gasteiger partial charge in [0.05, 0.1) is 16.8 Å². The van der Waals surface area contributed by atoms with E-state index in [1.54, 1.807) is 12.4 Å². The van der Waals surface area contributed by atoms with Crippen molar-refractivity contribution in [2.45, 2.75) is 110 Å². The van der Waals surface area contributed by atoms with E-state index in [-0.39, 0.29) is 17.9 Å². The van der Waals surface area contributed by atoms with Gasteiger partial charge in [0.2, 0.25) is 5.95 Å². The Kier molecular flexibility index (Phi) is 11.4. The van der Waals surface area contributed by atoms with Crippen LogP contribution in [-0.4, -0.2) is 66.0 Å². The molecule has 1 fully saturated rings. The van der Waals surface area contributed by atoms with Gasteiger partial charge in [-0.25, -0.2) is 19.7 Å². The topological polar surface area (TPSA) is 157 Å². The Morgan fingerprint density at radius 2 is 1.76 bits per heavy atom. The van der Waals surface area contributed by atoms with Crippen molar-refractivity contribution >= 4 is 40.6 Å². The molecule has 5 rings (SSSR count). The van der Waals surface area contributed by atoms with Gasteiger partial charge in [-0.2, -0.15) is 10.1 Å². The molecule has 0 radical (unpaired) electrons. The molecule has 49 heavy (non-hydrogen) atoms. The summed E-state index contributed by atoms with van der Waals surface area (Å²) in [5, 5.41) is 15.3. The van der Waals surface area contributed by atoms with E-state index < -0.39 is 17.3 Å². The molecule has 1 aliphatic rings. The number of hydrogen-bond donors (Lipinski definition) is 3. The molecular weight excluding hydrogens is 644 g/mol. The molecule has 1 aliphatic carbocycles. The number of alkyl carbamates (subject to hydrolysis) is 1. The number of carbonyl (C=O) groups is 2. The van der Waals surface area contributed by atoms with Crippen molar-refractivity contribution in [3.05, 3.63) is 59.1 Å². The molecule has 4 aromatic rings. The largest absolute Gasteiger partial charge is 0.460 e. The minimum Gasteiger partial charge on any atom is -0.460 e. The quantitative estimate of drug-likeness (QED) is 0.135. The highest BCUT2D eigenvalue weighted by atomic mass is 35.5. The summed E-state index contributed by atoms with van der Waals surface area (Å²) < 4.78 is 10.9. The number of anilines is 1. The number of H-pyrrole nitrogens is 1. The number of rotatable bonds is 11. The lowest BCUT2D eigenvalue weighted by Crippen LogP contribution is -2.33. The molecule has 13 heteroatoms. The van der Waals surface area contributed by atoms with E-state index in [2.05, 4.69) is 35.8 Å². The summed E-state index contributed by atoms with van der Waals surface area (Å²) in [6, 6.07) is 9.77. The Balaban J connectivity index is 1.22. The number of fused-ring (bicyclic) bond motifs is 1. The fourth-order valence-electron chi connectivity index (χ4n) is 6.05. The normalized spacial score (nSPS) is 17.4. The van der Waals surface area contributed by atoms with E-state index in [4.69, 9.17) is 26.1 Å². The van der Waals surface area contributed by atoms with E-state index in [9.17, 15) is 9.59 Å². The van der Waals surface area contributed by atoms with Crippen LogP contribution < -0.4 is 10.6 Å². The van der Waals surface area contributed by atoms with Crippen LogP contribution in [0.2, 0.25) is 5.02 Å². The Hall–Kier alpha value is -4.32. The lowest BCUT2D eigenvalue weighted by Gasteiger charge is -2.29. The summed E-state index contributed by atoms with van der Waals surface area (Å²) in [5.74, 6) is 1.36. The number of benzene rings is 1. The second kappa shape index (κ2) is 15.5. The van der Waals surface area contributed by atoms with Crippen molar-refractivity contribution in [2.24, 2.45) is 5.92 Å². The van der Waals surface area contributed by atoms with E-state index in [1.165, 1.54) is 0 Å². The minimum atomic E-state index is -0.574. The Labute approximate surface area is 292 Å². The van der Waals surface area contributed by atoms with Gasteiger partial charge >= 0.3 is 12.1 Å². The molecule has 12 nitrogen and oxygen atoms in total. The van der Waals surface area contributed by atoms with Crippen molar-refractivity contribution in [3.8, 4) is 11.4 Å². The van der Waals surface area contributed by atoms with Crippen LogP contribution in [0.4, 0.5) is 10.7 Å². The Morgan fingerprint density at radius 3 is 2.47 bits per heavy atom. The van der Waals surface area contributed by atoms with Crippen molar-refractivity contribution in [3.63, 3.8) is 0 Å². The third-order valence-electron chi connectivity index (χ3n) is 8.24. The predicted octanol–water partition coefficient (Wildman–Crippen LogP) is 7.41. The standard InChI is InChI=1S/C36H47ClN8O4/c1-35(2,3)48-30(46)18-22-10-12-26(13-11-22)41-33-40-21-27-31(44-45-32(27)43-33)28-15-17-38-29(42-28)20-24(23-8-7-9-25(37)19-23)14-16-39-34(47)49-36(4,5)6/h7-9,15,17,19,21-22,24,26H,10-14,16,18,20H2,1-6H3,(H,39,47)(H2,40,41,43,44,45). The average Bonchev–Trinajstić information content (AvgIpc) is 3.43. The zero-order chi connectivity index (χ0) is 35.2. The van der Waals surface area contributed by atoms with Crippen LogP contribution in [0.3, 0.4) is 0 Å². The number of halogens is 1. The van der Waals surface area contributed by atoms with E-state index in [0.29, 0.717) is 65.6 Å². The molecule has 1 atom stereocenters. The summed E-state index contributed by atoms with van der Waals surface area (Å²) in [6.07, 6.45) is 8.40. The molecule has 3 heterocycles. The van der Waals surface area contributed by atoms with Crippen LogP contribution >= 0.6 is 11.6 Å². The first-order valence-electron chi connectivity index (χ1n) is 16.9. The number of carbonyl (C=O) groups excluding carboxylic acids is 2. The lowest BCUT2D eigenvalue weighted by molar-refractivity contribution is -0.156. The molecule has 262 valence electrons. The van der Waals surface area contributed by atoms with E-state index in [1.807, 2.05) is 71.9 Å². The molecule has 0 saturated heterocycles. The van der Waals surface area contributed by atoms with Gasteiger partial charge in [0, 0.05) is 42.8 Å². The van der Waals surface area contributed by atoms with Crippen LogP contribution in [0, 0.1) is 5.92 Å². The number of ether oxygens (including phenoxy) is 2. The number of nitrogens with one attached hydrogen (secondary N) is 3. The fourth-order valence-corrected chi connectivity index (χ4v) is 6.25. The Morgan fingerprint density at radius 1 is 1.00 bits per heavy atom. The number of amides is 1. The molecule has 3 N–H and O–H groups in total. The molecule has 3 aromatic heterocycles.